The Morgan fingerprint density at radius 2 is 2.21 bits per heavy atom. The van der Waals surface area contributed by atoms with Crippen LogP contribution in [-0.2, 0) is 18.4 Å². The third kappa shape index (κ3) is 5.80. The summed E-state index contributed by atoms with van der Waals surface area (Å²) in [4.78, 5) is 16.0. The van der Waals surface area contributed by atoms with E-state index < -0.39 is 0 Å². The number of aryl methyl sites for hydroxylation is 1. The Morgan fingerprint density at radius 1 is 1.53 bits per heavy atom. The smallest absolute Gasteiger partial charge is 0.236 e. The summed E-state index contributed by atoms with van der Waals surface area (Å²) < 4.78 is 1.75. The highest BCUT2D eigenvalue weighted by molar-refractivity contribution is 7.80. The topological polar surface area (TPSA) is 67.4 Å². The molecule has 1 aromatic heterocycles. The lowest BCUT2D eigenvalue weighted by Gasteiger charge is -2.21. The number of amides is 1. The van der Waals surface area contributed by atoms with Crippen molar-refractivity contribution < 1.29 is 4.79 Å². The zero-order valence-corrected chi connectivity index (χ0v) is 12.5. The van der Waals surface area contributed by atoms with Crippen LogP contribution in [0.25, 0.3) is 0 Å². The predicted molar refractivity (Wildman–Crippen MR) is 78.6 cm³/mol. The molecule has 1 rings (SSSR count). The maximum absolute atomic E-state index is 11.9. The van der Waals surface area contributed by atoms with Crippen LogP contribution in [0.2, 0.25) is 0 Å². The van der Waals surface area contributed by atoms with Crippen molar-refractivity contribution in [3.05, 3.63) is 18.0 Å². The van der Waals surface area contributed by atoms with E-state index in [0.717, 1.165) is 5.56 Å². The molecule has 0 saturated carbocycles. The first kappa shape index (κ1) is 15.6. The third-order valence-electron chi connectivity index (χ3n) is 2.74. The Kier molecular flexibility index (Phi) is 5.91. The number of carbonyl (C=O) groups is 1. The van der Waals surface area contributed by atoms with E-state index in [2.05, 4.69) is 5.10 Å². The number of carbonyl (C=O) groups excluding carboxylic acids is 1. The summed E-state index contributed by atoms with van der Waals surface area (Å²) in [5.74, 6) is 0.0580. The van der Waals surface area contributed by atoms with Gasteiger partial charge in [-0.15, -0.1) is 0 Å². The van der Waals surface area contributed by atoms with Gasteiger partial charge in [-0.25, -0.2) is 0 Å². The maximum atomic E-state index is 11.9. The summed E-state index contributed by atoms with van der Waals surface area (Å²) in [6.07, 6.45) is 4.30. The molecular weight excluding hydrogens is 262 g/mol. The number of aromatic nitrogens is 2. The number of nitrogens with two attached hydrogens (primary N) is 1. The van der Waals surface area contributed by atoms with Crippen LogP contribution >= 0.6 is 12.2 Å². The minimum atomic E-state index is 0.0580. The van der Waals surface area contributed by atoms with Crippen LogP contribution in [0.4, 0.5) is 0 Å². The Labute approximate surface area is 119 Å². The van der Waals surface area contributed by atoms with Gasteiger partial charge < -0.3 is 10.6 Å². The van der Waals surface area contributed by atoms with E-state index in [0.29, 0.717) is 31.0 Å². The van der Waals surface area contributed by atoms with Gasteiger partial charge in [0.25, 0.3) is 0 Å². The molecule has 0 aliphatic rings. The molecule has 0 bridgehead atoms. The first-order chi connectivity index (χ1) is 8.88. The molecule has 0 aromatic carbocycles. The molecule has 0 aliphatic heterocycles. The second-order valence-corrected chi connectivity index (χ2v) is 5.25. The van der Waals surface area contributed by atoms with Gasteiger partial charge in [0.1, 0.15) is 0 Å². The van der Waals surface area contributed by atoms with Crippen LogP contribution in [0.15, 0.2) is 12.4 Å². The Morgan fingerprint density at radius 3 is 2.74 bits per heavy atom. The number of nitrogens with zero attached hydrogens (tertiary/aromatic N) is 4. The molecule has 0 unspecified atom stereocenters. The summed E-state index contributed by atoms with van der Waals surface area (Å²) >= 11 is 4.80. The van der Waals surface area contributed by atoms with Crippen molar-refractivity contribution in [3.8, 4) is 0 Å². The molecule has 2 N–H and O–H groups in total. The van der Waals surface area contributed by atoms with Gasteiger partial charge in [0.2, 0.25) is 5.91 Å². The summed E-state index contributed by atoms with van der Waals surface area (Å²) in [5, 5.41) is 4.10. The van der Waals surface area contributed by atoms with E-state index in [4.69, 9.17) is 18.0 Å². The van der Waals surface area contributed by atoms with E-state index in [1.165, 1.54) is 0 Å². The highest BCUT2D eigenvalue weighted by Gasteiger charge is 2.12. The van der Waals surface area contributed by atoms with Gasteiger partial charge >= 0.3 is 0 Å². The highest BCUT2D eigenvalue weighted by Crippen LogP contribution is 2.01. The SMILES string of the molecule is CN(CC(=O)N(C)CCC(N)=S)Cc1cnn(C)c1. The van der Waals surface area contributed by atoms with Gasteiger partial charge in [0, 0.05) is 45.4 Å². The van der Waals surface area contributed by atoms with Crippen LogP contribution < -0.4 is 5.73 Å². The van der Waals surface area contributed by atoms with E-state index in [9.17, 15) is 4.79 Å². The Balaban J connectivity index is 2.36. The number of thiocarbonyl (C=S) groups is 1. The van der Waals surface area contributed by atoms with Gasteiger partial charge in [-0.1, -0.05) is 12.2 Å². The third-order valence-corrected chi connectivity index (χ3v) is 2.94. The van der Waals surface area contributed by atoms with E-state index in [1.807, 2.05) is 25.2 Å². The molecule has 106 valence electrons. The van der Waals surface area contributed by atoms with Crippen LogP contribution in [0.3, 0.4) is 0 Å². The average molecular weight is 283 g/mol. The molecule has 0 atom stereocenters. The quantitative estimate of drug-likeness (QED) is 0.713. The number of likely N-dealkylation sites (N-methyl/N-ethyl adjacent to an activating group) is 2. The number of hydrogen-bond acceptors (Lipinski definition) is 4. The molecular formula is C12H21N5OS. The van der Waals surface area contributed by atoms with Crippen LogP contribution in [-0.4, -0.2) is 57.7 Å². The fourth-order valence-electron chi connectivity index (χ4n) is 1.68. The molecule has 0 radical (unpaired) electrons. The Bertz CT molecular complexity index is 445. The predicted octanol–water partition coefficient (Wildman–Crippen LogP) is -0.0135. The van der Waals surface area contributed by atoms with Gasteiger partial charge in [-0.2, -0.15) is 5.10 Å². The van der Waals surface area contributed by atoms with Gasteiger partial charge in [-0.3, -0.25) is 14.4 Å². The van der Waals surface area contributed by atoms with Gasteiger partial charge in [-0.05, 0) is 7.05 Å². The van der Waals surface area contributed by atoms with Gasteiger partial charge in [0.15, 0.2) is 0 Å². The van der Waals surface area contributed by atoms with Crippen LogP contribution in [0.1, 0.15) is 12.0 Å². The fourth-order valence-corrected chi connectivity index (χ4v) is 1.77. The van der Waals surface area contributed by atoms with E-state index in [-0.39, 0.29) is 5.91 Å². The minimum absolute atomic E-state index is 0.0580. The number of hydrogen-bond donors (Lipinski definition) is 1. The minimum Gasteiger partial charge on any atom is -0.393 e. The molecule has 0 saturated heterocycles. The van der Waals surface area contributed by atoms with Crippen molar-refractivity contribution in [2.75, 3.05) is 27.2 Å². The lowest BCUT2D eigenvalue weighted by Crippen LogP contribution is -2.37. The molecule has 1 aromatic rings. The summed E-state index contributed by atoms with van der Waals surface area (Å²) in [5.41, 5.74) is 6.51. The monoisotopic (exact) mass is 283 g/mol. The lowest BCUT2D eigenvalue weighted by atomic mass is 10.3. The zero-order valence-electron chi connectivity index (χ0n) is 11.7. The summed E-state index contributed by atoms with van der Waals surface area (Å²) in [6, 6.07) is 0. The molecule has 7 heteroatoms. The van der Waals surface area contributed by atoms with Crippen molar-refractivity contribution in [2.24, 2.45) is 12.8 Å². The fraction of sp³-hybridized carbons (Fsp3) is 0.583. The van der Waals surface area contributed by atoms with Crippen molar-refractivity contribution in [3.63, 3.8) is 0 Å². The summed E-state index contributed by atoms with van der Waals surface area (Å²) in [7, 11) is 5.54. The molecule has 0 fully saturated rings. The molecule has 0 spiro atoms. The van der Waals surface area contributed by atoms with Crippen LogP contribution in [0, 0.1) is 0 Å². The van der Waals surface area contributed by atoms with Crippen molar-refractivity contribution in [1.29, 1.82) is 0 Å². The van der Waals surface area contributed by atoms with Crippen LogP contribution in [0.5, 0.6) is 0 Å². The molecule has 19 heavy (non-hydrogen) atoms. The first-order valence-corrected chi connectivity index (χ1v) is 6.47. The van der Waals surface area contributed by atoms with E-state index >= 15 is 0 Å². The molecule has 1 heterocycles. The zero-order chi connectivity index (χ0) is 14.4. The molecule has 0 aliphatic carbocycles. The van der Waals surface area contributed by atoms with Crippen molar-refractivity contribution in [2.45, 2.75) is 13.0 Å². The average Bonchev–Trinajstić information content (AvgIpc) is 2.71. The van der Waals surface area contributed by atoms with Gasteiger partial charge in [0.05, 0.1) is 17.7 Å². The highest BCUT2D eigenvalue weighted by atomic mass is 32.1. The molecule has 6 nitrogen and oxygen atoms in total. The Hall–Kier alpha value is -1.47. The molecule has 1 amide bonds. The lowest BCUT2D eigenvalue weighted by molar-refractivity contribution is -0.130. The second kappa shape index (κ2) is 7.20. The van der Waals surface area contributed by atoms with E-state index in [1.54, 1.807) is 22.8 Å². The maximum Gasteiger partial charge on any atom is 0.236 e. The second-order valence-electron chi connectivity index (χ2n) is 4.73. The first-order valence-electron chi connectivity index (χ1n) is 6.07. The largest absolute Gasteiger partial charge is 0.393 e. The van der Waals surface area contributed by atoms with Crippen molar-refractivity contribution >= 4 is 23.1 Å². The standard InChI is InChI=1S/C12H21N5OS/c1-15(7-10-6-14-17(3)8-10)9-12(18)16(2)5-4-11(13)19/h6,8H,4-5,7,9H2,1-3H3,(H2,13,19). The van der Waals surface area contributed by atoms with Crippen molar-refractivity contribution in [1.82, 2.24) is 19.6 Å². The number of rotatable bonds is 7. The normalized spacial score (nSPS) is 10.7. The summed E-state index contributed by atoms with van der Waals surface area (Å²) in [6.45, 7) is 1.63.